The molecule has 0 unspecified atom stereocenters. The maximum absolute atomic E-state index is 13.2. The minimum Gasteiger partial charge on any atom is -0.211 e. The highest BCUT2D eigenvalue weighted by Crippen LogP contribution is 2.22. The molecular weight excluding hydrogens is 212 g/mol. The maximum atomic E-state index is 13.2. The average molecular weight is 218 g/mol. The number of aliphatic imine (C=N–C) groups is 1. The second kappa shape index (κ2) is 4.84. The zero-order valence-electron chi connectivity index (χ0n) is 7.06. The summed E-state index contributed by atoms with van der Waals surface area (Å²) in [4.78, 5) is 13.0. The van der Waals surface area contributed by atoms with Crippen LogP contribution in [0.15, 0.2) is 17.1 Å². The van der Waals surface area contributed by atoms with Crippen molar-refractivity contribution < 1.29 is 13.6 Å². The molecule has 0 spiro atoms. The van der Waals surface area contributed by atoms with Crippen molar-refractivity contribution in [2.75, 3.05) is 6.54 Å². The molecule has 0 atom stereocenters. The molecule has 1 rings (SSSR count). The van der Waals surface area contributed by atoms with Gasteiger partial charge >= 0.3 is 0 Å². The van der Waals surface area contributed by atoms with Gasteiger partial charge in [0.15, 0.2) is 0 Å². The van der Waals surface area contributed by atoms with Gasteiger partial charge < -0.3 is 0 Å². The van der Waals surface area contributed by atoms with Gasteiger partial charge in [-0.05, 0) is 18.1 Å². The molecule has 0 aliphatic rings. The Bertz CT molecular complexity index is 389. The van der Waals surface area contributed by atoms with E-state index in [2.05, 4.69) is 4.99 Å². The van der Waals surface area contributed by atoms with Gasteiger partial charge in [0, 0.05) is 0 Å². The van der Waals surface area contributed by atoms with E-state index in [1.165, 1.54) is 12.1 Å². The lowest BCUT2D eigenvalue weighted by molar-refractivity contribution is 0.560. The minimum absolute atomic E-state index is 0.113. The molecule has 0 saturated carbocycles. The van der Waals surface area contributed by atoms with Crippen LogP contribution >= 0.6 is 11.6 Å². The van der Waals surface area contributed by atoms with Gasteiger partial charge in [-0.3, -0.25) is 0 Å². The van der Waals surface area contributed by atoms with Crippen molar-refractivity contribution in [3.05, 3.63) is 34.4 Å². The summed E-state index contributed by atoms with van der Waals surface area (Å²) in [5.74, 6) is -1.60. The highest BCUT2D eigenvalue weighted by Gasteiger charge is 2.10. The quantitative estimate of drug-likeness (QED) is 0.435. The van der Waals surface area contributed by atoms with Gasteiger partial charge in [0.25, 0.3) is 0 Å². The van der Waals surface area contributed by atoms with E-state index >= 15 is 0 Å². The minimum atomic E-state index is -0.799. The molecule has 1 aromatic rings. The van der Waals surface area contributed by atoms with Crippen molar-refractivity contribution in [3.8, 4) is 0 Å². The van der Waals surface area contributed by atoms with Crippen LogP contribution in [0.25, 0.3) is 0 Å². The molecule has 0 amide bonds. The molecule has 0 bridgehead atoms. The second-order valence-corrected chi connectivity index (χ2v) is 2.94. The van der Waals surface area contributed by atoms with E-state index in [1.54, 1.807) is 0 Å². The Hall–Kier alpha value is -1.25. The number of rotatable bonds is 3. The van der Waals surface area contributed by atoms with Crippen LogP contribution in [0, 0.1) is 11.6 Å². The predicted octanol–water partition coefficient (Wildman–Crippen LogP) is 2.50. The summed E-state index contributed by atoms with van der Waals surface area (Å²) in [6.07, 6.45) is 1.52. The Morgan fingerprint density at radius 1 is 1.43 bits per heavy atom. The highest BCUT2D eigenvalue weighted by molar-refractivity contribution is 6.30. The predicted molar refractivity (Wildman–Crippen MR) is 48.1 cm³/mol. The number of benzene rings is 1. The zero-order chi connectivity index (χ0) is 10.6. The molecule has 74 valence electrons. The topological polar surface area (TPSA) is 29.4 Å². The van der Waals surface area contributed by atoms with Crippen molar-refractivity contribution in [2.24, 2.45) is 4.99 Å². The standard InChI is InChI=1S/C9H6ClF2NO/c10-8-7(11)2-1-6(9(8)12)3-4-13-5-14/h1-2H,3-4H2. The van der Waals surface area contributed by atoms with Crippen LogP contribution in [0.5, 0.6) is 0 Å². The lowest BCUT2D eigenvalue weighted by atomic mass is 10.1. The van der Waals surface area contributed by atoms with Crippen LogP contribution in [0.1, 0.15) is 5.56 Å². The number of carbonyl (C=O) groups excluding carboxylic acids is 1. The van der Waals surface area contributed by atoms with Crippen LogP contribution in [-0.2, 0) is 11.2 Å². The summed E-state index contributed by atoms with van der Waals surface area (Å²) in [6.45, 7) is 0.113. The molecule has 1 aromatic carbocycles. The van der Waals surface area contributed by atoms with E-state index in [0.717, 1.165) is 6.07 Å². The Morgan fingerprint density at radius 2 is 2.14 bits per heavy atom. The first kappa shape index (κ1) is 10.8. The first-order valence-corrected chi connectivity index (χ1v) is 4.20. The van der Waals surface area contributed by atoms with Gasteiger partial charge in [0.1, 0.15) is 16.7 Å². The molecule has 2 nitrogen and oxygen atoms in total. The van der Waals surface area contributed by atoms with E-state index in [4.69, 9.17) is 11.6 Å². The molecule has 14 heavy (non-hydrogen) atoms. The highest BCUT2D eigenvalue weighted by atomic mass is 35.5. The van der Waals surface area contributed by atoms with Gasteiger partial charge in [0.2, 0.25) is 6.08 Å². The van der Waals surface area contributed by atoms with E-state index in [1.807, 2.05) is 0 Å². The lowest BCUT2D eigenvalue weighted by Crippen LogP contribution is -1.96. The summed E-state index contributed by atoms with van der Waals surface area (Å²) < 4.78 is 25.9. The second-order valence-electron chi connectivity index (χ2n) is 2.56. The van der Waals surface area contributed by atoms with Crippen LogP contribution in [0.2, 0.25) is 5.02 Å². The third-order valence-electron chi connectivity index (χ3n) is 1.67. The van der Waals surface area contributed by atoms with Gasteiger partial charge in [-0.25, -0.2) is 18.6 Å². The van der Waals surface area contributed by atoms with E-state index in [9.17, 15) is 13.6 Å². The number of hydrogen-bond donors (Lipinski definition) is 0. The molecule has 0 saturated heterocycles. The fourth-order valence-corrected chi connectivity index (χ4v) is 1.17. The van der Waals surface area contributed by atoms with Crippen molar-refractivity contribution in [3.63, 3.8) is 0 Å². The number of isocyanates is 1. The molecule has 0 N–H and O–H groups in total. The van der Waals surface area contributed by atoms with Gasteiger partial charge in [-0.2, -0.15) is 0 Å². The van der Waals surface area contributed by atoms with Crippen molar-refractivity contribution in [1.29, 1.82) is 0 Å². The van der Waals surface area contributed by atoms with E-state index in [-0.39, 0.29) is 18.5 Å². The lowest BCUT2D eigenvalue weighted by Gasteiger charge is -2.02. The molecule has 5 heteroatoms. The fraction of sp³-hybridized carbons (Fsp3) is 0.222. The van der Waals surface area contributed by atoms with Gasteiger partial charge in [0.05, 0.1) is 6.54 Å². The van der Waals surface area contributed by atoms with Crippen LogP contribution in [0.4, 0.5) is 8.78 Å². The van der Waals surface area contributed by atoms with Crippen LogP contribution in [-0.4, -0.2) is 12.6 Å². The zero-order valence-corrected chi connectivity index (χ0v) is 7.81. The molecule has 0 aromatic heterocycles. The maximum Gasteiger partial charge on any atom is 0.234 e. The number of hydrogen-bond acceptors (Lipinski definition) is 2. The molecule has 0 aliphatic heterocycles. The molecular formula is C9H6ClF2NO. The Morgan fingerprint density at radius 3 is 2.79 bits per heavy atom. The molecule has 0 fully saturated rings. The molecule has 0 aliphatic carbocycles. The fourth-order valence-electron chi connectivity index (χ4n) is 0.981. The van der Waals surface area contributed by atoms with Crippen molar-refractivity contribution in [2.45, 2.75) is 6.42 Å². The van der Waals surface area contributed by atoms with Crippen LogP contribution in [0.3, 0.4) is 0 Å². The van der Waals surface area contributed by atoms with E-state index in [0.29, 0.717) is 0 Å². The summed E-state index contributed by atoms with van der Waals surface area (Å²) in [5, 5.41) is -0.530. The van der Waals surface area contributed by atoms with Gasteiger partial charge in [-0.15, -0.1) is 0 Å². The average Bonchev–Trinajstić information content (AvgIpc) is 2.18. The Kier molecular flexibility index (Phi) is 3.74. The monoisotopic (exact) mass is 217 g/mol. The van der Waals surface area contributed by atoms with Crippen LogP contribution < -0.4 is 0 Å². The summed E-state index contributed by atoms with van der Waals surface area (Å²) in [6, 6.07) is 2.35. The van der Waals surface area contributed by atoms with Gasteiger partial charge in [-0.1, -0.05) is 17.7 Å². The van der Waals surface area contributed by atoms with Crippen molar-refractivity contribution >= 4 is 17.7 Å². The SMILES string of the molecule is O=C=NCCc1ccc(F)c(Cl)c1F. The molecule has 0 heterocycles. The third kappa shape index (κ3) is 2.37. The summed E-state index contributed by atoms with van der Waals surface area (Å²) >= 11 is 5.34. The smallest absolute Gasteiger partial charge is 0.211 e. The van der Waals surface area contributed by atoms with Crippen molar-refractivity contribution in [1.82, 2.24) is 0 Å². The van der Waals surface area contributed by atoms with E-state index < -0.39 is 16.7 Å². The summed E-state index contributed by atoms with van der Waals surface area (Å²) in [7, 11) is 0. The summed E-state index contributed by atoms with van der Waals surface area (Å²) in [5.41, 5.74) is 0.232. The Labute approximate surface area is 84.2 Å². The number of nitrogens with zero attached hydrogens (tertiary/aromatic N) is 1. The molecule has 0 radical (unpaired) electrons. The normalized spacial score (nSPS) is 9.64. The first-order chi connectivity index (χ1) is 6.66. The number of halogens is 3. The third-order valence-corrected chi connectivity index (χ3v) is 2.02. The first-order valence-electron chi connectivity index (χ1n) is 3.83. The Balaban J connectivity index is 2.88. The largest absolute Gasteiger partial charge is 0.234 e.